The Kier molecular flexibility index (Phi) is 9.89. The van der Waals surface area contributed by atoms with Crippen LogP contribution in [0.5, 0.6) is 5.75 Å². The Morgan fingerprint density at radius 1 is 0.974 bits per heavy atom. The van der Waals surface area contributed by atoms with Crippen molar-refractivity contribution < 1.29 is 9.53 Å². The fourth-order valence-electron chi connectivity index (χ4n) is 4.42. The molecule has 4 aromatic rings. The average Bonchev–Trinajstić information content (AvgIpc) is 3.39. The monoisotopic (exact) mass is 528 g/mol. The van der Waals surface area contributed by atoms with Gasteiger partial charge in [0.25, 0.3) is 0 Å². The van der Waals surface area contributed by atoms with Crippen molar-refractivity contribution in [1.29, 1.82) is 0 Å². The van der Waals surface area contributed by atoms with Crippen LogP contribution in [-0.4, -0.2) is 45.9 Å². The Hall–Kier alpha value is -3.94. The first kappa shape index (κ1) is 28.1. The Morgan fingerprint density at radius 3 is 2.41 bits per heavy atom. The van der Waals surface area contributed by atoms with E-state index in [2.05, 4.69) is 60.4 Å². The number of carbonyl (C=O) groups excluding carboxylic acids is 1. The minimum absolute atomic E-state index is 0.108. The van der Waals surface area contributed by atoms with E-state index in [0.717, 1.165) is 66.0 Å². The highest BCUT2D eigenvalue weighted by Gasteiger charge is 2.17. The number of likely N-dealkylation sites (N-methyl/N-ethyl adjacent to an activating group) is 1. The third-order valence-electron chi connectivity index (χ3n) is 6.87. The van der Waals surface area contributed by atoms with E-state index in [-0.39, 0.29) is 5.91 Å². The van der Waals surface area contributed by atoms with Crippen molar-refractivity contribution in [3.05, 3.63) is 65.9 Å². The highest BCUT2D eigenvalue weighted by atomic mass is 16.5. The Bertz CT molecular complexity index is 1350. The zero-order valence-electron chi connectivity index (χ0n) is 23.6. The molecular formula is C31H40N6O2. The van der Waals surface area contributed by atoms with Crippen LogP contribution in [0.25, 0.3) is 22.4 Å². The number of ether oxygens (including phenoxy) is 1. The van der Waals surface area contributed by atoms with Crippen LogP contribution in [0.4, 0.5) is 5.82 Å². The number of hydrogen-bond donors (Lipinski definition) is 1. The van der Waals surface area contributed by atoms with Gasteiger partial charge in [-0.1, -0.05) is 63.1 Å². The number of rotatable bonds is 14. The molecule has 0 aliphatic carbocycles. The number of nitrogens with one attached hydrogen (secondary N) is 1. The van der Waals surface area contributed by atoms with E-state index in [4.69, 9.17) is 14.7 Å². The lowest BCUT2D eigenvalue weighted by Gasteiger charge is -2.20. The minimum atomic E-state index is 0.108. The molecule has 2 aromatic heterocycles. The van der Waals surface area contributed by atoms with E-state index in [0.29, 0.717) is 31.9 Å². The van der Waals surface area contributed by atoms with Crippen LogP contribution in [0.2, 0.25) is 0 Å². The highest BCUT2D eigenvalue weighted by molar-refractivity contribution is 5.88. The maximum Gasteiger partial charge on any atom is 0.220 e. The number of nitrogens with zero attached hydrogens (tertiary/aromatic N) is 5. The molecule has 0 radical (unpaired) electrons. The summed E-state index contributed by atoms with van der Waals surface area (Å²) in [6, 6.07) is 16.3. The van der Waals surface area contributed by atoms with E-state index in [1.165, 1.54) is 5.56 Å². The molecule has 0 bridgehead atoms. The molecule has 1 N–H and O–H groups in total. The first-order valence-electron chi connectivity index (χ1n) is 14.0. The molecule has 0 unspecified atom stereocenters. The first-order chi connectivity index (χ1) is 19.0. The van der Waals surface area contributed by atoms with Crippen LogP contribution in [0.1, 0.15) is 57.6 Å². The number of carbonyl (C=O) groups is 1. The van der Waals surface area contributed by atoms with Gasteiger partial charge in [0.1, 0.15) is 18.2 Å². The summed E-state index contributed by atoms with van der Waals surface area (Å²) in [5.74, 6) is 2.43. The van der Waals surface area contributed by atoms with Gasteiger partial charge in [-0.25, -0.2) is 14.6 Å². The molecule has 0 aliphatic heterocycles. The second kappa shape index (κ2) is 13.7. The quantitative estimate of drug-likeness (QED) is 0.209. The maximum atomic E-state index is 12.0. The van der Waals surface area contributed by atoms with Crippen molar-refractivity contribution in [2.75, 3.05) is 25.1 Å². The number of hydrogen-bond acceptors (Lipinski definition) is 6. The zero-order chi connectivity index (χ0) is 27.6. The Labute approximate surface area is 231 Å². The summed E-state index contributed by atoms with van der Waals surface area (Å²) in [5.41, 5.74) is 4.16. The highest BCUT2D eigenvalue weighted by Crippen LogP contribution is 2.27. The topological polar surface area (TPSA) is 85.2 Å². The predicted octanol–water partition coefficient (Wildman–Crippen LogP) is 5.79. The molecule has 0 fully saturated rings. The van der Waals surface area contributed by atoms with E-state index < -0.39 is 0 Å². The van der Waals surface area contributed by atoms with Crippen molar-refractivity contribution >= 4 is 22.8 Å². The number of aromatic nitrogens is 4. The van der Waals surface area contributed by atoms with Gasteiger partial charge < -0.3 is 15.0 Å². The summed E-state index contributed by atoms with van der Waals surface area (Å²) in [7, 11) is 2.02. The van der Waals surface area contributed by atoms with Gasteiger partial charge >= 0.3 is 0 Å². The second-order valence-electron chi connectivity index (χ2n) is 9.77. The molecule has 1 amide bonds. The Morgan fingerprint density at radius 2 is 1.72 bits per heavy atom. The summed E-state index contributed by atoms with van der Waals surface area (Å²) >= 11 is 0. The van der Waals surface area contributed by atoms with E-state index in [1.54, 1.807) is 0 Å². The lowest BCUT2D eigenvalue weighted by atomic mass is 10.1. The first-order valence-corrected chi connectivity index (χ1v) is 14.0. The zero-order valence-corrected chi connectivity index (χ0v) is 23.6. The minimum Gasteiger partial charge on any atom is -0.492 e. The molecular weight excluding hydrogens is 488 g/mol. The summed E-state index contributed by atoms with van der Waals surface area (Å²) < 4.78 is 7.94. The number of amides is 1. The van der Waals surface area contributed by atoms with Crippen LogP contribution < -0.4 is 15.0 Å². The third kappa shape index (κ3) is 7.34. The lowest BCUT2D eigenvalue weighted by molar-refractivity contribution is -0.121. The van der Waals surface area contributed by atoms with Gasteiger partial charge in [-0.2, -0.15) is 5.10 Å². The number of benzene rings is 2. The predicted molar refractivity (Wildman–Crippen MR) is 157 cm³/mol. The Balaban J connectivity index is 1.38. The molecule has 39 heavy (non-hydrogen) atoms. The molecule has 0 saturated carbocycles. The molecule has 2 aromatic carbocycles. The number of fused-ring (bicyclic) bond motifs is 1. The van der Waals surface area contributed by atoms with Crippen LogP contribution in [-0.2, 0) is 24.3 Å². The molecule has 2 heterocycles. The fraction of sp³-hybridized carbons (Fsp3) is 0.419. The molecule has 4 rings (SSSR count). The lowest BCUT2D eigenvalue weighted by Crippen LogP contribution is -2.25. The van der Waals surface area contributed by atoms with Gasteiger partial charge in [-0.3, -0.25) is 4.79 Å². The molecule has 8 heteroatoms. The van der Waals surface area contributed by atoms with Crippen molar-refractivity contribution in [2.45, 2.75) is 66.0 Å². The summed E-state index contributed by atoms with van der Waals surface area (Å²) in [6.45, 7) is 8.77. The van der Waals surface area contributed by atoms with E-state index >= 15 is 0 Å². The molecule has 0 saturated heterocycles. The second-order valence-corrected chi connectivity index (χ2v) is 9.77. The number of aryl methyl sites for hydroxylation is 2. The van der Waals surface area contributed by atoms with Crippen LogP contribution >= 0.6 is 0 Å². The number of unbranched alkanes of at least 4 members (excludes halogenated alkanes) is 2. The van der Waals surface area contributed by atoms with E-state index in [1.807, 2.05) is 42.2 Å². The van der Waals surface area contributed by atoms with Crippen molar-refractivity contribution in [1.82, 2.24) is 25.1 Å². The SMILES string of the molecule is CCCCCC(=O)NCc1ccc(OCCN(C)c2nc(-c3ccc(CC)cc3)nc3c2cnn3CC)cc1. The molecule has 206 valence electrons. The summed E-state index contributed by atoms with van der Waals surface area (Å²) in [5, 5.41) is 8.45. The molecule has 0 aliphatic rings. The number of anilines is 1. The van der Waals surface area contributed by atoms with Gasteiger partial charge in [-0.05, 0) is 43.0 Å². The summed E-state index contributed by atoms with van der Waals surface area (Å²) in [6.07, 6.45) is 6.58. The standard InChI is InChI=1S/C31H40N6O2/c1-5-8-9-10-28(38)32-21-24-13-17-26(18-14-24)39-20-19-36(4)30-27-22-33-37(7-3)31(27)35-29(34-30)25-15-11-23(6-2)12-16-25/h11-18,22H,5-10,19-21H2,1-4H3,(H,32,38). The smallest absolute Gasteiger partial charge is 0.220 e. The summed E-state index contributed by atoms with van der Waals surface area (Å²) in [4.78, 5) is 23.9. The van der Waals surface area contributed by atoms with Gasteiger partial charge in [0.05, 0.1) is 18.1 Å². The largest absolute Gasteiger partial charge is 0.492 e. The van der Waals surface area contributed by atoms with Crippen LogP contribution in [0.3, 0.4) is 0 Å². The van der Waals surface area contributed by atoms with Crippen molar-refractivity contribution in [3.8, 4) is 17.1 Å². The van der Waals surface area contributed by atoms with Gasteiger partial charge in [0.15, 0.2) is 11.5 Å². The molecule has 0 spiro atoms. The third-order valence-corrected chi connectivity index (χ3v) is 6.87. The molecule has 8 nitrogen and oxygen atoms in total. The normalized spacial score (nSPS) is 11.1. The molecule has 0 atom stereocenters. The van der Waals surface area contributed by atoms with Gasteiger partial charge in [-0.15, -0.1) is 0 Å². The van der Waals surface area contributed by atoms with Gasteiger partial charge in [0, 0.05) is 32.1 Å². The maximum absolute atomic E-state index is 12.0. The van der Waals surface area contributed by atoms with Crippen LogP contribution in [0, 0.1) is 0 Å². The van der Waals surface area contributed by atoms with Crippen molar-refractivity contribution in [2.24, 2.45) is 0 Å². The fourth-order valence-corrected chi connectivity index (χ4v) is 4.42. The van der Waals surface area contributed by atoms with Gasteiger partial charge in [0.2, 0.25) is 5.91 Å². The average molecular weight is 529 g/mol. The van der Waals surface area contributed by atoms with Crippen LogP contribution in [0.15, 0.2) is 54.7 Å². The van der Waals surface area contributed by atoms with Crippen molar-refractivity contribution in [3.63, 3.8) is 0 Å². The van der Waals surface area contributed by atoms with E-state index in [9.17, 15) is 4.79 Å².